The van der Waals surface area contributed by atoms with Crippen molar-refractivity contribution in [1.29, 1.82) is 0 Å². The van der Waals surface area contributed by atoms with Gasteiger partial charge in [-0.1, -0.05) is 13.8 Å². The maximum Gasteiger partial charge on any atom is 0.326 e. The second kappa shape index (κ2) is 5.89. The number of amides is 2. The molecule has 0 radical (unpaired) electrons. The van der Waals surface area contributed by atoms with Crippen molar-refractivity contribution in [2.24, 2.45) is 5.92 Å². The van der Waals surface area contributed by atoms with E-state index in [0.29, 0.717) is 18.9 Å². The van der Waals surface area contributed by atoms with Crippen molar-refractivity contribution in [2.45, 2.75) is 52.1 Å². The monoisotopic (exact) mass is 242 g/mol. The molecular formula is C12H22N2O3. The van der Waals surface area contributed by atoms with Gasteiger partial charge in [-0.15, -0.1) is 0 Å². The zero-order valence-electron chi connectivity index (χ0n) is 10.8. The van der Waals surface area contributed by atoms with Crippen LogP contribution >= 0.6 is 0 Å². The third kappa shape index (κ3) is 3.61. The van der Waals surface area contributed by atoms with Crippen LogP contribution in [0.3, 0.4) is 0 Å². The molecule has 0 aromatic carbocycles. The lowest BCUT2D eigenvalue weighted by Gasteiger charge is -2.37. The van der Waals surface area contributed by atoms with Crippen molar-refractivity contribution in [1.82, 2.24) is 10.2 Å². The van der Waals surface area contributed by atoms with Crippen molar-refractivity contribution < 1.29 is 14.7 Å². The Morgan fingerprint density at radius 1 is 1.41 bits per heavy atom. The van der Waals surface area contributed by atoms with Gasteiger partial charge in [0.1, 0.15) is 6.04 Å². The topological polar surface area (TPSA) is 69.6 Å². The number of urea groups is 1. The molecule has 0 bridgehead atoms. The van der Waals surface area contributed by atoms with Gasteiger partial charge in [-0.05, 0) is 32.1 Å². The summed E-state index contributed by atoms with van der Waals surface area (Å²) < 4.78 is 0. The molecule has 0 spiro atoms. The highest BCUT2D eigenvalue weighted by Gasteiger charge is 2.29. The molecule has 17 heavy (non-hydrogen) atoms. The quantitative estimate of drug-likeness (QED) is 0.791. The van der Waals surface area contributed by atoms with E-state index in [-0.39, 0.29) is 12.1 Å². The van der Waals surface area contributed by atoms with Gasteiger partial charge in [0.15, 0.2) is 0 Å². The third-order valence-corrected chi connectivity index (χ3v) is 3.38. The Morgan fingerprint density at radius 2 is 2.06 bits per heavy atom. The van der Waals surface area contributed by atoms with Crippen LogP contribution in [-0.4, -0.2) is 40.6 Å². The number of rotatable bonds is 3. The first-order chi connectivity index (χ1) is 7.95. The summed E-state index contributed by atoms with van der Waals surface area (Å²) in [6, 6.07) is -0.845. The van der Waals surface area contributed by atoms with E-state index in [9.17, 15) is 9.59 Å². The molecular weight excluding hydrogens is 220 g/mol. The minimum atomic E-state index is -0.974. The van der Waals surface area contributed by atoms with Crippen molar-refractivity contribution >= 4 is 12.0 Å². The zero-order valence-corrected chi connectivity index (χ0v) is 10.8. The van der Waals surface area contributed by atoms with Crippen LogP contribution in [0.2, 0.25) is 0 Å². The van der Waals surface area contributed by atoms with E-state index in [1.165, 1.54) is 0 Å². The largest absolute Gasteiger partial charge is 0.480 e. The number of likely N-dealkylation sites (tertiary alicyclic amines) is 1. The molecule has 0 aromatic rings. The Bertz CT molecular complexity index is 293. The lowest BCUT2D eigenvalue weighted by Crippen LogP contribution is -2.53. The fraction of sp³-hybridized carbons (Fsp3) is 0.833. The Labute approximate surface area is 102 Å². The van der Waals surface area contributed by atoms with Gasteiger partial charge in [-0.2, -0.15) is 0 Å². The first kappa shape index (κ1) is 13.8. The Hall–Kier alpha value is -1.26. The van der Waals surface area contributed by atoms with E-state index in [1.54, 1.807) is 11.8 Å². The molecule has 0 saturated carbocycles. The number of carbonyl (C=O) groups excluding carboxylic acids is 1. The molecule has 98 valence electrons. The van der Waals surface area contributed by atoms with E-state index in [2.05, 4.69) is 12.2 Å². The van der Waals surface area contributed by atoms with Crippen LogP contribution < -0.4 is 5.32 Å². The van der Waals surface area contributed by atoms with E-state index in [0.717, 1.165) is 12.8 Å². The fourth-order valence-electron chi connectivity index (χ4n) is 2.14. The summed E-state index contributed by atoms with van der Waals surface area (Å²) in [6.07, 6.45) is 2.51. The molecule has 5 heteroatoms. The molecule has 3 atom stereocenters. The maximum atomic E-state index is 12.0. The summed E-state index contributed by atoms with van der Waals surface area (Å²) in [5, 5.41) is 11.5. The van der Waals surface area contributed by atoms with Gasteiger partial charge in [0.2, 0.25) is 0 Å². The van der Waals surface area contributed by atoms with Crippen LogP contribution in [0.1, 0.15) is 40.0 Å². The minimum absolute atomic E-state index is 0.192. The maximum absolute atomic E-state index is 12.0. The number of nitrogens with zero attached hydrogens (tertiary/aromatic N) is 1. The van der Waals surface area contributed by atoms with Gasteiger partial charge in [0.25, 0.3) is 0 Å². The number of carboxylic acids is 1. The standard InChI is InChI=1S/C12H22N2O3/c1-4-10(11(15)16)13-12(17)14-7-8(2)5-6-9(14)3/h8-10H,4-7H2,1-3H3,(H,13,17)(H,15,16)/t8?,9?,10-/m1/s1. The van der Waals surface area contributed by atoms with E-state index < -0.39 is 12.0 Å². The van der Waals surface area contributed by atoms with Crippen LogP contribution in [0, 0.1) is 5.92 Å². The van der Waals surface area contributed by atoms with Gasteiger partial charge in [0, 0.05) is 12.6 Å². The highest BCUT2D eigenvalue weighted by Crippen LogP contribution is 2.21. The smallest absolute Gasteiger partial charge is 0.326 e. The van der Waals surface area contributed by atoms with Crippen molar-refractivity contribution in [3.05, 3.63) is 0 Å². The summed E-state index contributed by atoms with van der Waals surface area (Å²) in [5.74, 6) is -0.486. The van der Waals surface area contributed by atoms with E-state index in [1.807, 2.05) is 6.92 Å². The molecule has 1 aliphatic rings. The van der Waals surface area contributed by atoms with Crippen LogP contribution in [0.15, 0.2) is 0 Å². The SMILES string of the molecule is CC[C@@H](NC(=O)N1CC(C)CCC1C)C(=O)O. The average Bonchev–Trinajstić information content (AvgIpc) is 2.28. The lowest BCUT2D eigenvalue weighted by molar-refractivity contribution is -0.139. The van der Waals surface area contributed by atoms with Gasteiger partial charge >= 0.3 is 12.0 Å². The van der Waals surface area contributed by atoms with Gasteiger partial charge in [-0.25, -0.2) is 9.59 Å². The molecule has 1 heterocycles. The zero-order chi connectivity index (χ0) is 13.0. The van der Waals surface area contributed by atoms with Crippen LogP contribution in [0.25, 0.3) is 0 Å². The predicted molar refractivity (Wildman–Crippen MR) is 64.8 cm³/mol. The fourth-order valence-corrected chi connectivity index (χ4v) is 2.14. The Balaban J connectivity index is 2.59. The summed E-state index contributed by atoms with van der Waals surface area (Å²) >= 11 is 0. The summed E-state index contributed by atoms with van der Waals surface area (Å²) in [7, 11) is 0. The lowest BCUT2D eigenvalue weighted by atomic mass is 9.95. The number of aliphatic carboxylic acids is 1. The third-order valence-electron chi connectivity index (χ3n) is 3.38. The van der Waals surface area contributed by atoms with Gasteiger partial charge in [0.05, 0.1) is 0 Å². The van der Waals surface area contributed by atoms with Crippen LogP contribution in [0.4, 0.5) is 4.79 Å². The van der Waals surface area contributed by atoms with Crippen LogP contribution in [0.5, 0.6) is 0 Å². The second-order valence-electron chi connectivity index (χ2n) is 4.93. The number of hydrogen-bond donors (Lipinski definition) is 2. The highest BCUT2D eigenvalue weighted by atomic mass is 16.4. The van der Waals surface area contributed by atoms with E-state index in [4.69, 9.17) is 5.11 Å². The van der Waals surface area contributed by atoms with Gasteiger partial charge < -0.3 is 15.3 Å². The molecule has 2 amide bonds. The Kier molecular flexibility index (Phi) is 4.78. The van der Waals surface area contributed by atoms with Crippen molar-refractivity contribution in [3.63, 3.8) is 0 Å². The number of piperidine rings is 1. The Morgan fingerprint density at radius 3 is 2.59 bits per heavy atom. The summed E-state index contributed by atoms with van der Waals surface area (Å²) in [4.78, 5) is 24.6. The highest BCUT2D eigenvalue weighted by molar-refractivity contribution is 5.82. The van der Waals surface area contributed by atoms with Crippen molar-refractivity contribution in [3.8, 4) is 0 Å². The molecule has 2 unspecified atom stereocenters. The normalized spacial score (nSPS) is 26.4. The van der Waals surface area contributed by atoms with E-state index >= 15 is 0 Å². The van der Waals surface area contributed by atoms with Gasteiger partial charge in [-0.3, -0.25) is 0 Å². The minimum Gasteiger partial charge on any atom is -0.480 e. The molecule has 1 aliphatic heterocycles. The molecule has 5 nitrogen and oxygen atoms in total. The number of carbonyl (C=O) groups is 2. The number of carboxylic acid groups (broad SMARTS) is 1. The molecule has 0 aromatic heterocycles. The average molecular weight is 242 g/mol. The molecule has 1 saturated heterocycles. The van der Waals surface area contributed by atoms with Crippen LogP contribution in [-0.2, 0) is 4.79 Å². The second-order valence-corrected chi connectivity index (χ2v) is 4.93. The molecule has 0 aliphatic carbocycles. The predicted octanol–water partition coefficient (Wildman–Crippen LogP) is 1.68. The summed E-state index contributed by atoms with van der Waals surface area (Å²) in [6.45, 7) is 6.58. The first-order valence-corrected chi connectivity index (χ1v) is 6.25. The molecule has 1 rings (SSSR count). The summed E-state index contributed by atoms with van der Waals surface area (Å²) in [5.41, 5.74) is 0. The number of nitrogens with one attached hydrogen (secondary N) is 1. The molecule has 1 fully saturated rings. The van der Waals surface area contributed by atoms with Crippen molar-refractivity contribution in [2.75, 3.05) is 6.54 Å². The molecule has 2 N–H and O–H groups in total. The first-order valence-electron chi connectivity index (χ1n) is 6.25. The number of hydrogen-bond acceptors (Lipinski definition) is 2.